The molecule has 0 amide bonds. The maximum atomic E-state index is 11.4. The Hall–Kier alpha value is -1.35. The molecule has 1 aliphatic rings. The number of rotatable bonds is 3. The fourth-order valence-corrected chi connectivity index (χ4v) is 2.58. The van der Waals surface area contributed by atoms with Gasteiger partial charge in [-0.25, -0.2) is 4.79 Å². The lowest BCUT2D eigenvalue weighted by Gasteiger charge is -2.04. The highest BCUT2D eigenvalue weighted by atomic mass is 35.5. The third-order valence-corrected chi connectivity index (χ3v) is 3.64. The van der Waals surface area contributed by atoms with E-state index < -0.39 is 11.8 Å². The van der Waals surface area contributed by atoms with Crippen LogP contribution < -0.4 is 0 Å². The zero-order valence-corrected chi connectivity index (χ0v) is 10.3. The molecule has 1 N–H and O–H groups in total. The minimum absolute atomic E-state index is 0.106. The average molecular weight is 253 g/mol. The number of fused-ring (bicyclic) bond motifs is 1. The van der Waals surface area contributed by atoms with Gasteiger partial charge in [0.1, 0.15) is 0 Å². The summed E-state index contributed by atoms with van der Waals surface area (Å²) in [4.78, 5) is 22.1. The van der Waals surface area contributed by atoms with Crippen LogP contribution in [0.2, 0.25) is 5.02 Å². The van der Waals surface area contributed by atoms with Gasteiger partial charge >= 0.3 is 5.97 Å². The smallest absolute Gasteiger partial charge is 0.377 e. The number of carboxylic acid groups (broad SMARTS) is 1. The van der Waals surface area contributed by atoms with Crippen LogP contribution in [-0.2, 0) is 17.6 Å². The van der Waals surface area contributed by atoms with Crippen molar-refractivity contribution in [1.82, 2.24) is 0 Å². The Kier molecular flexibility index (Phi) is 3.20. The molecule has 1 aromatic carbocycles. The van der Waals surface area contributed by atoms with E-state index in [-0.39, 0.29) is 10.6 Å². The van der Waals surface area contributed by atoms with Crippen molar-refractivity contribution in [2.75, 3.05) is 0 Å². The molecule has 0 spiro atoms. The first-order chi connectivity index (χ1) is 8.02. The molecule has 2 rings (SSSR count). The largest absolute Gasteiger partial charge is 0.475 e. The van der Waals surface area contributed by atoms with Gasteiger partial charge in [0.15, 0.2) is 0 Å². The minimum atomic E-state index is -1.46. The number of Topliss-reactive ketones (excluding diaryl/α,β-unsaturated/α-hetero) is 1. The predicted octanol–water partition coefficient (Wildman–Crippen LogP) is 2.73. The number of carboxylic acids is 1. The summed E-state index contributed by atoms with van der Waals surface area (Å²) in [6.07, 6.45) is 2.95. The third-order valence-electron chi connectivity index (χ3n) is 3.32. The predicted molar refractivity (Wildman–Crippen MR) is 64.6 cm³/mol. The second-order valence-electron chi connectivity index (χ2n) is 4.42. The van der Waals surface area contributed by atoms with E-state index in [9.17, 15) is 9.59 Å². The molecule has 1 unspecified atom stereocenters. The van der Waals surface area contributed by atoms with Gasteiger partial charge in [-0.3, -0.25) is 4.79 Å². The number of hydrogen-bond donors (Lipinski definition) is 1. The number of aliphatic carboxylic acids is 1. The van der Waals surface area contributed by atoms with Gasteiger partial charge in [0.2, 0.25) is 0 Å². The second kappa shape index (κ2) is 4.49. The standard InChI is InChI=1S/C13H13ClO3/c1-2-7-3-8-5-10(12(15)13(16)17)11(14)6-9(8)4-7/h5-7H,2-4H2,1H3,(H,16,17). The molecule has 1 aliphatic carbocycles. The Morgan fingerprint density at radius 3 is 2.47 bits per heavy atom. The van der Waals surface area contributed by atoms with Crippen molar-refractivity contribution in [1.29, 1.82) is 0 Å². The Balaban J connectivity index is 2.40. The number of hydrogen-bond acceptors (Lipinski definition) is 2. The van der Waals surface area contributed by atoms with Crippen LogP contribution in [0.3, 0.4) is 0 Å². The zero-order valence-electron chi connectivity index (χ0n) is 9.50. The van der Waals surface area contributed by atoms with Crippen molar-refractivity contribution in [3.8, 4) is 0 Å². The van der Waals surface area contributed by atoms with Gasteiger partial charge < -0.3 is 5.11 Å². The molecule has 17 heavy (non-hydrogen) atoms. The first kappa shape index (κ1) is 12.1. The molecule has 1 atom stereocenters. The Morgan fingerprint density at radius 2 is 1.94 bits per heavy atom. The van der Waals surface area contributed by atoms with E-state index >= 15 is 0 Å². The van der Waals surface area contributed by atoms with E-state index in [0.717, 1.165) is 30.4 Å². The SMILES string of the molecule is CCC1Cc2cc(Cl)c(C(=O)C(=O)O)cc2C1. The topological polar surface area (TPSA) is 54.4 Å². The molecule has 0 bridgehead atoms. The summed E-state index contributed by atoms with van der Waals surface area (Å²) in [5.41, 5.74) is 2.31. The summed E-state index contributed by atoms with van der Waals surface area (Å²) >= 11 is 5.95. The molecule has 1 aromatic rings. The Morgan fingerprint density at radius 1 is 1.35 bits per heavy atom. The van der Waals surface area contributed by atoms with Crippen LogP contribution in [0.15, 0.2) is 12.1 Å². The summed E-state index contributed by atoms with van der Waals surface area (Å²) in [6, 6.07) is 3.38. The van der Waals surface area contributed by atoms with E-state index in [2.05, 4.69) is 6.92 Å². The number of halogens is 1. The first-order valence-corrected chi connectivity index (χ1v) is 5.99. The van der Waals surface area contributed by atoms with Crippen LogP contribution in [0, 0.1) is 5.92 Å². The van der Waals surface area contributed by atoms with Gasteiger partial charge in [-0.2, -0.15) is 0 Å². The highest BCUT2D eigenvalue weighted by molar-refractivity contribution is 6.45. The molecule has 90 valence electrons. The summed E-state index contributed by atoms with van der Waals surface area (Å²) in [6.45, 7) is 2.13. The molecular weight excluding hydrogens is 240 g/mol. The quantitative estimate of drug-likeness (QED) is 0.665. The van der Waals surface area contributed by atoms with Gasteiger partial charge in [0.05, 0.1) is 5.02 Å². The van der Waals surface area contributed by atoms with Gasteiger partial charge in [0.25, 0.3) is 5.78 Å². The lowest BCUT2D eigenvalue weighted by molar-refractivity contribution is -0.131. The van der Waals surface area contributed by atoms with E-state index in [4.69, 9.17) is 16.7 Å². The van der Waals surface area contributed by atoms with Crippen molar-refractivity contribution < 1.29 is 14.7 Å². The number of carbonyl (C=O) groups is 2. The van der Waals surface area contributed by atoms with Crippen LogP contribution in [0.4, 0.5) is 0 Å². The van der Waals surface area contributed by atoms with Gasteiger partial charge in [0, 0.05) is 5.56 Å². The molecule has 0 aromatic heterocycles. The number of carbonyl (C=O) groups excluding carboxylic acids is 1. The third kappa shape index (κ3) is 2.20. The summed E-state index contributed by atoms with van der Waals surface area (Å²) in [5, 5.41) is 8.94. The molecule has 0 saturated heterocycles. The van der Waals surface area contributed by atoms with E-state index in [1.807, 2.05) is 0 Å². The van der Waals surface area contributed by atoms with Gasteiger partial charge in [-0.15, -0.1) is 0 Å². The lowest BCUT2D eigenvalue weighted by Crippen LogP contribution is -2.13. The van der Waals surface area contributed by atoms with E-state index in [1.165, 1.54) is 0 Å². The van der Waals surface area contributed by atoms with Crippen LogP contribution >= 0.6 is 11.6 Å². The maximum absolute atomic E-state index is 11.4. The summed E-state index contributed by atoms with van der Waals surface area (Å²) in [5.74, 6) is -1.81. The molecule has 4 heteroatoms. The monoisotopic (exact) mass is 252 g/mol. The van der Waals surface area contributed by atoms with Crippen LogP contribution in [0.1, 0.15) is 34.8 Å². The fraction of sp³-hybridized carbons (Fsp3) is 0.385. The molecule has 0 saturated carbocycles. The zero-order chi connectivity index (χ0) is 12.6. The average Bonchev–Trinajstić information content (AvgIpc) is 2.68. The van der Waals surface area contributed by atoms with Crippen molar-refractivity contribution in [2.45, 2.75) is 26.2 Å². The molecule has 0 radical (unpaired) electrons. The number of ketones is 1. The Labute approximate surface area is 104 Å². The molecule has 0 aliphatic heterocycles. The van der Waals surface area contributed by atoms with E-state index in [0.29, 0.717) is 5.92 Å². The van der Waals surface area contributed by atoms with Gasteiger partial charge in [-0.05, 0) is 42.0 Å². The molecular formula is C13H13ClO3. The lowest BCUT2D eigenvalue weighted by atomic mass is 10.0. The van der Waals surface area contributed by atoms with Crippen LogP contribution in [-0.4, -0.2) is 16.9 Å². The fourth-order valence-electron chi connectivity index (χ4n) is 2.31. The normalized spacial score (nSPS) is 17.9. The highest BCUT2D eigenvalue weighted by Gasteiger charge is 2.25. The Bertz CT molecular complexity index is 494. The highest BCUT2D eigenvalue weighted by Crippen LogP contribution is 2.32. The molecule has 0 heterocycles. The van der Waals surface area contributed by atoms with Gasteiger partial charge in [-0.1, -0.05) is 24.9 Å². The van der Waals surface area contributed by atoms with E-state index in [1.54, 1.807) is 12.1 Å². The maximum Gasteiger partial charge on any atom is 0.377 e. The molecule has 0 fully saturated rings. The van der Waals surface area contributed by atoms with Crippen molar-refractivity contribution in [2.24, 2.45) is 5.92 Å². The summed E-state index contributed by atoms with van der Waals surface area (Å²) < 4.78 is 0. The first-order valence-electron chi connectivity index (χ1n) is 5.61. The molecule has 3 nitrogen and oxygen atoms in total. The van der Waals surface area contributed by atoms with Crippen LogP contribution in [0.5, 0.6) is 0 Å². The van der Waals surface area contributed by atoms with Crippen LogP contribution in [0.25, 0.3) is 0 Å². The van der Waals surface area contributed by atoms with Crippen molar-refractivity contribution in [3.63, 3.8) is 0 Å². The minimum Gasteiger partial charge on any atom is -0.475 e. The number of benzene rings is 1. The van der Waals surface area contributed by atoms with Crippen molar-refractivity contribution in [3.05, 3.63) is 33.8 Å². The van der Waals surface area contributed by atoms with Crippen molar-refractivity contribution >= 4 is 23.4 Å². The summed E-state index contributed by atoms with van der Waals surface area (Å²) in [7, 11) is 0. The second-order valence-corrected chi connectivity index (χ2v) is 4.82.